The number of nitrogens with one attached hydrogen (secondary N) is 1. The fourth-order valence-corrected chi connectivity index (χ4v) is 3.14. The van der Waals surface area contributed by atoms with E-state index < -0.39 is 0 Å². The SMILES string of the molecule is COc1ccc([C@@H]2CCNC[C@H]2COc2cc(C#N)ccn2)cc1. The Balaban J connectivity index is 1.68. The fourth-order valence-electron chi connectivity index (χ4n) is 3.14. The molecule has 1 aromatic carbocycles. The van der Waals surface area contributed by atoms with Crippen molar-refractivity contribution in [2.45, 2.75) is 12.3 Å². The van der Waals surface area contributed by atoms with Crippen LogP contribution in [-0.4, -0.2) is 31.8 Å². The summed E-state index contributed by atoms with van der Waals surface area (Å²) in [5.74, 6) is 2.18. The zero-order chi connectivity index (χ0) is 16.8. The van der Waals surface area contributed by atoms with Crippen LogP contribution in [-0.2, 0) is 0 Å². The number of hydrogen-bond donors (Lipinski definition) is 1. The molecule has 1 saturated heterocycles. The predicted molar refractivity (Wildman–Crippen MR) is 91.2 cm³/mol. The van der Waals surface area contributed by atoms with E-state index in [1.54, 1.807) is 25.4 Å². The van der Waals surface area contributed by atoms with Crippen molar-refractivity contribution in [1.82, 2.24) is 10.3 Å². The average Bonchev–Trinajstić information content (AvgIpc) is 2.67. The molecular weight excluding hydrogens is 302 g/mol. The molecule has 1 aliphatic heterocycles. The minimum Gasteiger partial charge on any atom is -0.497 e. The van der Waals surface area contributed by atoms with Crippen LogP contribution >= 0.6 is 0 Å². The fraction of sp³-hybridized carbons (Fsp3) is 0.368. The topological polar surface area (TPSA) is 67.2 Å². The van der Waals surface area contributed by atoms with Gasteiger partial charge < -0.3 is 14.8 Å². The Labute approximate surface area is 142 Å². The van der Waals surface area contributed by atoms with Gasteiger partial charge in [-0.3, -0.25) is 0 Å². The second kappa shape index (κ2) is 7.80. The molecule has 2 aromatic rings. The molecule has 0 unspecified atom stereocenters. The molecule has 0 bridgehead atoms. The highest BCUT2D eigenvalue weighted by molar-refractivity contribution is 5.32. The summed E-state index contributed by atoms with van der Waals surface area (Å²) in [6.45, 7) is 2.50. The molecule has 0 spiro atoms. The molecule has 1 N–H and O–H groups in total. The van der Waals surface area contributed by atoms with Gasteiger partial charge in [0.2, 0.25) is 5.88 Å². The number of nitrogens with zero attached hydrogens (tertiary/aromatic N) is 2. The Morgan fingerprint density at radius 1 is 1.29 bits per heavy atom. The summed E-state index contributed by atoms with van der Waals surface area (Å²) in [6.07, 6.45) is 2.68. The maximum Gasteiger partial charge on any atom is 0.214 e. The van der Waals surface area contributed by atoms with Gasteiger partial charge in [0.05, 0.1) is 25.3 Å². The van der Waals surface area contributed by atoms with Gasteiger partial charge in [0.1, 0.15) is 5.75 Å². The smallest absolute Gasteiger partial charge is 0.214 e. The van der Waals surface area contributed by atoms with Crippen LogP contribution in [0.25, 0.3) is 0 Å². The maximum atomic E-state index is 8.96. The lowest BCUT2D eigenvalue weighted by molar-refractivity contribution is 0.191. The van der Waals surface area contributed by atoms with Gasteiger partial charge in [-0.1, -0.05) is 12.1 Å². The van der Waals surface area contributed by atoms with Gasteiger partial charge >= 0.3 is 0 Å². The molecule has 5 nitrogen and oxygen atoms in total. The second-order valence-corrected chi connectivity index (χ2v) is 5.94. The summed E-state index contributed by atoms with van der Waals surface area (Å²) < 4.78 is 11.1. The van der Waals surface area contributed by atoms with E-state index in [4.69, 9.17) is 14.7 Å². The summed E-state index contributed by atoms with van der Waals surface area (Å²) in [6, 6.07) is 13.7. The number of rotatable bonds is 5. The second-order valence-electron chi connectivity index (χ2n) is 5.94. The quantitative estimate of drug-likeness (QED) is 0.916. The molecule has 24 heavy (non-hydrogen) atoms. The first-order valence-electron chi connectivity index (χ1n) is 8.14. The molecule has 124 valence electrons. The van der Waals surface area contributed by atoms with Gasteiger partial charge in [-0.05, 0) is 42.6 Å². The lowest BCUT2D eigenvalue weighted by atomic mass is 9.81. The highest BCUT2D eigenvalue weighted by Gasteiger charge is 2.27. The van der Waals surface area contributed by atoms with Crippen LogP contribution in [0.3, 0.4) is 0 Å². The van der Waals surface area contributed by atoms with E-state index in [1.165, 1.54) is 5.56 Å². The maximum absolute atomic E-state index is 8.96. The van der Waals surface area contributed by atoms with Crippen LogP contribution in [0.1, 0.15) is 23.5 Å². The zero-order valence-corrected chi connectivity index (χ0v) is 13.7. The van der Waals surface area contributed by atoms with Gasteiger partial charge in [0.15, 0.2) is 0 Å². The van der Waals surface area contributed by atoms with Crippen molar-refractivity contribution in [3.8, 4) is 17.7 Å². The van der Waals surface area contributed by atoms with Crippen LogP contribution in [0, 0.1) is 17.2 Å². The summed E-state index contributed by atoms with van der Waals surface area (Å²) in [4.78, 5) is 4.18. The molecule has 0 aliphatic carbocycles. The van der Waals surface area contributed by atoms with Crippen molar-refractivity contribution in [3.63, 3.8) is 0 Å². The number of piperidine rings is 1. The van der Waals surface area contributed by atoms with Gasteiger partial charge in [-0.25, -0.2) is 4.98 Å². The van der Waals surface area contributed by atoms with Crippen LogP contribution in [0.4, 0.5) is 0 Å². The number of benzene rings is 1. The van der Waals surface area contributed by atoms with Crippen molar-refractivity contribution in [1.29, 1.82) is 5.26 Å². The van der Waals surface area contributed by atoms with Crippen molar-refractivity contribution in [2.75, 3.05) is 26.8 Å². The number of methoxy groups -OCH3 is 1. The van der Waals surface area contributed by atoms with E-state index in [0.717, 1.165) is 25.3 Å². The first-order chi connectivity index (χ1) is 11.8. The summed E-state index contributed by atoms with van der Waals surface area (Å²) in [5, 5.41) is 12.4. The largest absolute Gasteiger partial charge is 0.497 e. The van der Waals surface area contributed by atoms with E-state index >= 15 is 0 Å². The van der Waals surface area contributed by atoms with E-state index in [2.05, 4.69) is 28.5 Å². The summed E-state index contributed by atoms with van der Waals surface area (Å²) in [5.41, 5.74) is 1.87. The third-order valence-corrected chi connectivity index (χ3v) is 4.46. The minimum atomic E-state index is 0.361. The van der Waals surface area contributed by atoms with Crippen molar-refractivity contribution in [3.05, 3.63) is 53.7 Å². The average molecular weight is 323 g/mol. The van der Waals surface area contributed by atoms with E-state index in [9.17, 15) is 0 Å². The van der Waals surface area contributed by atoms with Crippen molar-refractivity contribution >= 4 is 0 Å². The van der Waals surface area contributed by atoms with Crippen LogP contribution in [0.5, 0.6) is 11.6 Å². The van der Waals surface area contributed by atoms with Crippen LogP contribution < -0.4 is 14.8 Å². The molecule has 3 rings (SSSR count). The summed E-state index contributed by atoms with van der Waals surface area (Å²) in [7, 11) is 1.68. The summed E-state index contributed by atoms with van der Waals surface area (Å²) >= 11 is 0. The molecule has 5 heteroatoms. The highest BCUT2D eigenvalue weighted by atomic mass is 16.5. The Bertz CT molecular complexity index is 709. The lowest BCUT2D eigenvalue weighted by Crippen LogP contribution is -2.38. The number of pyridine rings is 1. The Kier molecular flexibility index (Phi) is 5.29. The number of hydrogen-bond acceptors (Lipinski definition) is 5. The number of ether oxygens (including phenoxy) is 2. The predicted octanol–water partition coefficient (Wildman–Crippen LogP) is 2.73. The molecule has 2 heterocycles. The normalized spacial score (nSPS) is 20.2. The molecular formula is C19H21N3O2. The molecule has 0 saturated carbocycles. The van der Waals surface area contributed by atoms with E-state index in [-0.39, 0.29) is 0 Å². The Hall–Kier alpha value is -2.58. The van der Waals surface area contributed by atoms with Crippen LogP contribution in [0.15, 0.2) is 42.6 Å². The van der Waals surface area contributed by atoms with Gasteiger partial charge in [0, 0.05) is 24.7 Å². The first kappa shape index (κ1) is 16.3. The molecule has 0 amide bonds. The number of nitriles is 1. The Morgan fingerprint density at radius 3 is 2.88 bits per heavy atom. The standard InChI is InChI=1S/C19H21N3O2/c1-23-17-4-2-15(3-5-17)18-7-8-21-12-16(18)13-24-19-10-14(11-20)6-9-22-19/h2-6,9-10,16,18,21H,7-8,12-13H2,1H3/t16-,18-/m0/s1. The lowest BCUT2D eigenvalue weighted by Gasteiger charge is -2.32. The third kappa shape index (κ3) is 3.84. The third-order valence-electron chi connectivity index (χ3n) is 4.46. The molecule has 1 fully saturated rings. The monoisotopic (exact) mass is 323 g/mol. The minimum absolute atomic E-state index is 0.361. The molecule has 0 radical (unpaired) electrons. The van der Waals surface area contributed by atoms with Crippen molar-refractivity contribution < 1.29 is 9.47 Å². The van der Waals surface area contributed by atoms with Gasteiger partial charge in [-0.2, -0.15) is 5.26 Å². The highest BCUT2D eigenvalue weighted by Crippen LogP contribution is 2.31. The van der Waals surface area contributed by atoms with E-state index in [0.29, 0.717) is 29.9 Å². The molecule has 1 aliphatic rings. The molecule has 2 atom stereocenters. The van der Waals surface area contributed by atoms with E-state index in [1.807, 2.05) is 12.1 Å². The van der Waals surface area contributed by atoms with Gasteiger partial charge in [-0.15, -0.1) is 0 Å². The zero-order valence-electron chi connectivity index (χ0n) is 13.7. The van der Waals surface area contributed by atoms with Crippen molar-refractivity contribution in [2.24, 2.45) is 5.92 Å². The van der Waals surface area contributed by atoms with Crippen LogP contribution in [0.2, 0.25) is 0 Å². The van der Waals surface area contributed by atoms with Gasteiger partial charge in [0.25, 0.3) is 0 Å². The molecule has 1 aromatic heterocycles. The Morgan fingerprint density at radius 2 is 2.12 bits per heavy atom. The number of aromatic nitrogens is 1. The first-order valence-corrected chi connectivity index (χ1v) is 8.14.